The maximum absolute atomic E-state index is 13.4. The van der Waals surface area contributed by atoms with E-state index >= 15 is 0 Å². The van der Waals surface area contributed by atoms with Gasteiger partial charge in [-0.1, -0.05) is 31.2 Å². The third-order valence-corrected chi connectivity index (χ3v) is 5.57. The van der Waals surface area contributed by atoms with Crippen LogP contribution in [0.3, 0.4) is 0 Å². The number of nitrogens with two attached hydrogens (primary N) is 1. The third kappa shape index (κ3) is 8.13. The fourth-order valence-corrected chi connectivity index (χ4v) is 3.83. The highest BCUT2D eigenvalue weighted by Crippen LogP contribution is 2.34. The molecule has 0 saturated heterocycles. The molecule has 4 aromatic carbocycles. The first-order valence-electron chi connectivity index (χ1n) is 12.1. The second kappa shape index (κ2) is 12.9. The van der Waals surface area contributed by atoms with Gasteiger partial charge in [-0.25, -0.2) is 4.79 Å². The second-order valence-corrected chi connectivity index (χ2v) is 10.3. The summed E-state index contributed by atoms with van der Waals surface area (Å²) in [6, 6.07) is 22.7. The number of amidine groups is 1. The molecule has 0 saturated carbocycles. The molecule has 0 aliphatic carbocycles. The number of fused-ring (bicyclic) bond motifs is 1. The second-order valence-electron chi connectivity index (χ2n) is 8.78. The lowest BCUT2D eigenvalue weighted by Crippen LogP contribution is -2.15. The number of aromatic carboxylic acids is 1. The van der Waals surface area contributed by atoms with Gasteiger partial charge in [-0.2, -0.15) is 8.42 Å². The van der Waals surface area contributed by atoms with Crippen molar-refractivity contribution in [1.82, 2.24) is 0 Å². The van der Waals surface area contributed by atoms with Crippen LogP contribution in [0.25, 0.3) is 21.9 Å². The molecular formula is C29H29N3O7S. The van der Waals surface area contributed by atoms with Crippen LogP contribution in [-0.2, 0) is 10.1 Å². The van der Waals surface area contributed by atoms with Crippen molar-refractivity contribution in [2.75, 3.05) is 18.2 Å². The van der Waals surface area contributed by atoms with E-state index in [0.717, 1.165) is 17.2 Å². The summed E-state index contributed by atoms with van der Waals surface area (Å²) in [5, 5.41) is 22.1. The Balaban J connectivity index is 0.000000810. The summed E-state index contributed by atoms with van der Waals surface area (Å²) in [5.41, 5.74) is 7.89. The minimum absolute atomic E-state index is 0.0498. The number of hydrogen-bond acceptors (Lipinski definition) is 6. The first-order chi connectivity index (χ1) is 18.9. The van der Waals surface area contributed by atoms with E-state index in [1.807, 2.05) is 37.3 Å². The van der Waals surface area contributed by atoms with Crippen molar-refractivity contribution in [3.63, 3.8) is 0 Å². The van der Waals surface area contributed by atoms with Gasteiger partial charge in [-0.05, 0) is 82.9 Å². The largest absolute Gasteiger partial charge is 0.494 e. The lowest BCUT2D eigenvalue weighted by Gasteiger charge is -2.15. The van der Waals surface area contributed by atoms with Gasteiger partial charge in [0.2, 0.25) is 0 Å². The average Bonchev–Trinajstić information content (AvgIpc) is 2.90. The Hall–Kier alpha value is -4.74. The molecule has 0 spiro atoms. The third-order valence-electron chi connectivity index (χ3n) is 5.57. The van der Waals surface area contributed by atoms with E-state index < -0.39 is 16.1 Å². The lowest BCUT2D eigenvalue weighted by molar-refractivity contribution is 0.0696. The molecule has 0 aliphatic rings. The van der Waals surface area contributed by atoms with E-state index in [1.165, 1.54) is 6.07 Å². The van der Waals surface area contributed by atoms with Crippen LogP contribution in [0.5, 0.6) is 5.75 Å². The molecule has 0 unspecified atom stereocenters. The van der Waals surface area contributed by atoms with E-state index in [-0.39, 0.29) is 17.3 Å². The van der Waals surface area contributed by atoms with Gasteiger partial charge >= 0.3 is 5.97 Å². The molecule has 10 nitrogen and oxygen atoms in total. The number of hydrogen-bond donors (Lipinski definition) is 5. The Morgan fingerprint density at radius 1 is 0.925 bits per heavy atom. The van der Waals surface area contributed by atoms with Crippen molar-refractivity contribution >= 4 is 44.3 Å². The van der Waals surface area contributed by atoms with Crippen LogP contribution < -0.4 is 15.8 Å². The van der Waals surface area contributed by atoms with Crippen molar-refractivity contribution in [2.24, 2.45) is 5.73 Å². The molecule has 40 heavy (non-hydrogen) atoms. The number of amides is 1. The van der Waals surface area contributed by atoms with Crippen LogP contribution >= 0.6 is 0 Å². The molecule has 0 fully saturated rings. The molecule has 0 radical (unpaired) electrons. The van der Waals surface area contributed by atoms with Crippen molar-refractivity contribution in [1.29, 1.82) is 5.41 Å². The number of carbonyl (C=O) groups is 2. The molecule has 0 atom stereocenters. The zero-order valence-electron chi connectivity index (χ0n) is 21.8. The zero-order chi connectivity index (χ0) is 29.4. The zero-order valence-corrected chi connectivity index (χ0v) is 22.7. The van der Waals surface area contributed by atoms with E-state index in [0.29, 0.717) is 46.6 Å². The van der Waals surface area contributed by atoms with Crippen LogP contribution in [0.15, 0.2) is 78.9 Å². The predicted molar refractivity (Wildman–Crippen MR) is 155 cm³/mol. The topological polar surface area (TPSA) is 180 Å². The van der Waals surface area contributed by atoms with Crippen LogP contribution in [-0.4, -0.2) is 48.7 Å². The van der Waals surface area contributed by atoms with Crippen molar-refractivity contribution in [3.05, 3.63) is 95.6 Å². The summed E-state index contributed by atoms with van der Waals surface area (Å²) in [6.07, 6.45) is 1.51. The molecule has 11 heteroatoms. The molecule has 1 amide bonds. The average molecular weight is 564 g/mol. The van der Waals surface area contributed by atoms with E-state index in [9.17, 15) is 23.1 Å². The van der Waals surface area contributed by atoms with Crippen molar-refractivity contribution < 1.29 is 32.4 Å². The standard InChI is InChI=1S/C28H25N3O4.CH4O3S/c1-2-13-35-21-11-12-22(25(16-21)28(33)34)23-14-18-5-3-4-6-19(18)15-24(23)27(32)31-20-9-7-17(8-10-20)26(29)30;1-5(2,3)4/h3-12,14-16H,2,13H2,1H3,(H3,29,30)(H,31,32)(H,33,34);1H3,(H,2,3,4). The van der Waals surface area contributed by atoms with Gasteiger partial charge in [0.15, 0.2) is 0 Å². The Bertz CT molecular complexity index is 1660. The summed E-state index contributed by atoms with van der Waals surface area (Å²) in [5.74, 6) is -1.09. The normalized spacial score (nSPS) is 10.8. The molecule has 0 aliphatic heterocycles. The minimum Gasteiger partial charge on any atom is -0.494 e. The number of carboxylic acid groups (broad SMARTS) is 1. The number of nitrogen functional groups attached to an aromatic ring is 1. The number of carboxylic acids is 1. The predicted octanol–water partition coefficient (Wildman–Crippen LogP) is 5.03. The fraction of sp³-hybridized carbons (Fsp3) is 0.138. The number of ether oxygens (including phenoxy) is 1. The van der Waals surface area contributed by atoms with Gasteiger partial charge in [0.05, 0.1) is 18.4 Å². The van der Waals surface area contributed by atoms with E-state index in [1.54, 1.807) is 42.5 Å². The molecule has 208 valence electrons. The van der Waals surface area contributed by atoms with Gasteiger partial charge in [0, 0.05) is 16.8 Å². The molecule has 4 aromatic rings. The summed E-state index contributed by atoms with van der Waals surface area (Å²) >= 11 is 0. The maximum atomic E-state index is 13.4. The maximum Gasteiger partial charge on any atom is 0.336 e. The van der Waals surface area contributed by atoms with Crippen molar-refractivity contribution in [3.8, 4) is 16.9 Å². The van der Waals surface area contributed by atoms with Gasteiger partial charge in [0.25, 0.3) is 16.0 Å². The number of nitrogens with one attached hydrogen (secondary N) is 2. The first-order valence-corrected chi connectivity index (χ1v) is 13.9. The van der Waals surface area contributed by atoms with Gasteiger partial charge in [-0.3, -0.25) is 14.8 Å². The minimum atomic E-state index is -3.67. The summed E-state index contributed by atoms with van der Waals surface area (Å²) < 4.78 is 31.5. The van der Waals surface area contributed by atoms with Crippen LogP contribution in [0.4, 0.5) is 5.69 Å². The first kappa shape index (κ1) is 29.8. The smallest absolute Gasteiger partial charge is 0.336 e. The Labute approximate surface area is 231 Å². The molecule has 0 heterocycles. The molecule has 0 aromatic heterocycles. The Kier molecular flexibility index (Phi) is 9.59. The van der Waals surface area contributed by atoms with Gasteiger partial charge in [0.1, 0.15) is 11.6 Å². The summed E-state index contributed by atoms with van der Waals surface area (Å²) in [4.78, 5) is 25.6. The van der Waals surface area contributed by atoms with Gasteiger partial charge < -0.3 is 20.9 Å². The molecule has 6 N–H and O–H groups in total. The lowest BCUT2D eigenvalue weighted by atomic mass is 9.92. The highest BCUT2D eigenvalue weighted by atomic mass is 32.2. The Morgan fingerprint density at radius 3 is 2.08 bits per heavy atom. The van der Waals surface area contributed by atoms with Crippen LogP contribution in [0, 0.1) is 5.41 Å². The SMILES string of the molecule is CCCOc1ccc(-c2cc3ccccc3cc2C(=O)Nc2ccc(C(=N)N)cc2)c(C(=O)O)c1.CS(=O)(=O)O. The number of rotatable bonds is 8. The monoisotopic (exact) mass is 563 g/mol. The van der Waals surface area contributed by atoms with Gasteiger partial charge in [-0.15, -0.1) is 0 Å². The number of anilines is 1. The van der Waals surface area contributed by atoms with Crippen LogP contribution in [0.2, 0.25) is 0 Å². The molecule has 4 rings (SSSR count). The summed E-state index contributed by atoms with van der Waals surface area (Å²) in [7, 11) is -3.67. The molecule has 0 bridgehead atoms. The Morgan fingerprint density at radius 2 is 1.52 bits per heavy atom. The fourth-order valence-electron chi connectivity index (χ4n) is 3.83. The number of benzene rings is 4. The molecular weight excluding hydrogens is 534 g/mol. The van der Waals surface area contributed by atoms with Crippen molar-refractivity contribution in [2.45, 2.75) is 13.3 Å². The number of carbonyl (C=O) groups excluding carboxylic acids is 1. The summed E-state index contributed by atoms with van der Waals surface area (Å²) in [6.45, 7) is 2.45. The highest BCUT2D eigenvalue weighted by molar-refractivity contribution is 7.85. The van der Waals surface area contributed by atoms with E-state index in [2.05, 4.69) is 5.32 Å². The quantitative estimate of drug-likeness (QED) is 0.112. The van der Waals surface area contributed by atoms with Crippen LogP contribution in [0.1, 0.15) is 39.6 Å². The van der Waals surface area contributed by atoms with E-state index in [4.69, 9.17) is 20.4 Å². The highest BCUT2D eigenvalue weighted by Gasteiger charge is 2.20.